The third-order valence-electron chi connectivity index (χ3n) is 6.09. The number of halogens is 2. The van der Waals surface area contributed by atoms with E-state index in [-0.39, 0.29) is 29.2 Å². The van der Waals surface area contributed by atoms with Gasteiger partial charge in [0.1, 0.15) is 11.6 Å². The molecule has 2 bridgehead atoms. The second kappa shape index (κ2) is 8.17. The number of carbonyl (C=O) groups excluding carboxylic acids is 2. The molecule has 2 amide bonds. The van der Waals surface area contributed by atoms with Crippen LogP contribution in [0, 0.1) is 5.82 Å². The van der Waals surface area contributed by atoms with Gasteiger partial charge in [-0.15, -0.1) is 11.3 Å². The van der Waals surface area contributed by atoms with Crippen LogP contribution in [0.5, 0.6) is 5.75 Å². The fraction of sp³-hybridized carbons (Fsp3) is 0.429. The van der Waals surface area contributed by atoms with Crippen molar-refractivity contribution in [1.29, 1.82) is 0 Å². The summed E-state index contributed by atoms with van der Waals surface area (Å²) in [6.07, 6.45) is 2.06. The predicted octanol–water partition coefficient (Wildman–Crippen LogP) is 3.28. The van der Waals surface area contributed by atoms with Crippen LogP contribution in [0.25, 0.3) is 0 Å². The third kappa shape index (κ3) is 4.17. The quantitative estimate of drug-likeness (QED) is 0.627. The number of ether oxygens (including phenoxy) is 1. The van der Waals surface area contributed by atoms with Crippen LogP contribution in [-0.2, 0) is 4.79 Å². The van der Waals surface area contributed by atoms with Crippen LogP contribution >= 0.6 is 22.9 Å². The van der Waals surface area contributed by atoms with E-state index in [4.69, 9.17) is 16.3 Å². The molecule has 1 aromatic heterocycles. The van der Waals surface area contributed by atoms with Crippen molar-refractivity contribution in [1.82, 2.24) is 10.6 Å². The molecule has 3 saturated carbocycles. The van der Waals surface area contributed by atoms with Gasteiger partial charge in [0.25, 0.3) is 11.8 Å². The van der Waals surface area contributed by atoms with Crippen molar-refractivity contribution in [2.45, 2.75) is 49.3 Å². The minimum atomic E-state index is -0.777. The minimum absolute atomic E-state index is 0.0205. The van der Waals surface area contributed by atoms with E-state index in [1.165, 1.54) is 23.5 Å². The molecule has 1 heterocycles. The lowest BCUT2D eigenvalue weighted by atomic mass is 9.60. The summed E-state index contributed by atoms with van der Waals surface area (Å²) < 4.78 is 18.8. The van der Waals surface area contributed by atoms with Crippen LogP contribution in [0.3, 0.4) is 0 Å². The Labute approximate surface area is 182 Å². The molecule has 6 nitrogen and oxygen atoms in total. The topological polar surface area (TPSA) is 87.7 Å². The van der Waals surface area contributed by atoms with Crippen LogP contribution in [0.1, 0.15) is 41.8 Å². The molecule has 2 aromatic rings. The van der Waals surface area contributed by atoms with Gasteiger partial charge in [-0.05, 0) is 55.7 Å². The zero-order valence-corrected chi connectivity index (χ0v) is 17.7. The van der Waals surface area contributed by atoms with E-state index >= 15 is 0 Å². The van der Waals surface area contributed by atoms with Gasteiger partial charge >= 0.3 is 0 Å². The molecule has 0 spiro atoms. The molecule has 0 saturated heterocycles. The first-order valence-electron chi connectivity index (χ1n) is 9.74. The maximum atomic E-state index is 13.5. The van der Waals surface area contributed by atoms with Crippen molar-refractivity contribution in [3.05, 3.63) is 51.4 Å². The fourth-order valence-electron chi connectivity index (χ4n) is 4.40. The Morgan fingerprint density at radius 3 is 2.63 bits per heavy atom. The van der Waals surface area contributed by atoms with E-state index in [1.54, 1.807) is 6.07 Å². The lowest BCUT2D eigenvalue weighted by Crippen LogP contribution is -2.70. The molecule has 5 rings (SSSR count). The van der Waals surface area contributed by atoms with E-state index in [0.29, 0.717) is 37.0 Å². The normalized spacial score (nSPS) is 27.5. The SMILES string of the molecule is O=C(COc1ccc(Cl)c(F)c1)NC12CCC(NC(=O)c3cccs3)(CC1)C[C@@H]2O. The first-order valence-corrected chi connectivity index (χ1v) is 11.0. The standard InChI is InChI=1S/C21H22ClFN2O4S/c22-14-4-3-13(10-15(14)23)29-12-18(27)24-21-7-5-20(6-8-21,11-17(21)26)25-19(28)16-2-1-9-30-16/h1-4,9-10,17,26H,5-8,11-12H2,(H,24,27)(H,25,28)/t17-,20?,21?/m0/s1. The van der Waals surface area contributed by atoms with E-state index in [0.717, 1.165) is 6.07 Å². The number of hydrogen-bond acceptors (Lipinski definition) is 5. The zero-order chi connectivity index (χ0) is 21.4. The monoisotopic (exact) mass is 452 g/mol. The van der Waals surface area contributed by atoms with Gasteiger partial charge in [-0.25, -0.2) is 4.39 Å². The molecule has 1 atom stereocenters. The van der Waals surface area contributed by atoms with Crippen molar-refractivity contribution in [2.75, 3.05) is 6.61 Å². The molecule has 9 heteroatoms. The Morgan fingerprint density at radius 1 is 1.23 bits per heavy atom. The Kier molecular flexibility index (Phi) is 5.74. The number of nitrogens with one attached hydrogen (secondary N) is 2. The first-order chi connectivity index (χ1) is 14.3. The van der Waals surface area contributed by atoms with Gasteiger partial charge in [-0.2, -0.15) is 0 Å². The molecule has 3 N–H and O–H groups in total. The Hall–Kier alpha value is -2.16. The lowest BCUT2D eigenvalue weighted by Gasteiger charge is -2.56. The van der Waals surface area contributed by atoms with E-state index in [9.17, 15) is 19.1 Å². The van der Waals surface area contributed by atoms with Gasteiger partial charge in [-0.1, -0.05) is 17.7 Å². The van der Waals surface area contributed by atoms with Crippen molar-refractivity contribution >= 4 is 34.8 Å². The molecule has 3 aliphatic rings. The second-order valence-corrected chi connectivity index (χ2v) is 9.36. The van der Waals surface area contributed by atoms with Crippen LogP contribution in [0.4, 0.5) is 4.39 Å². The molecular weight excluding hydrogens is 431 g/mol. The second-order valence-electron chi connectivity index (χ2n) is 8.00. The summed E-state index contributed by atoms with van der Waals surface area (Å²) in [5.41, 5.74) is -1.19. The number of hydrogen-bond donors (Lipinski definition) is 3. The molecule has 1 aromatic carbocycles. The average Bonchev–Trinajstić information content (AvgIpc) is 3.25. The molecule has 30 heavy (non-hydrogen) atoms. The van der Waals surface area contributed by atoms with Crippen LogP contribution in [-0.4, -0.2) is 40.7 Å². The van der Waals surface area contributed by atoms with Gasteiger partial charge in [-0.3, -0.25) is 9.59 Å². The Balaban J connectivity index is 1.34. The first kappa shape index (κ1) is 21.1. The summed E-state index contributed by atoms with van der Waals surface area (Å²) >= 11 is 7.02. The van der Waals surface area contributed by atoms with Crippen LogP contribution in [0.15, 0.2) is 35.7 Å². The number of aliphatic hydroxyl groups excluding tert-OH is 1. The molecule has 0 aliphatic heterocycles. The van der Waals surface area contributed by atoms with Crippen molar-refractivity contribution < 1.29 is 23.8 Å². The summed E-state index contributed by atoms with van der Waals surface area (Å²) in [4.78, 5) is 25.6. The molecule has 0 radical (unpaired) electrons. The van der Waals surface area contributed by atoms with Crippen LogP contribution in [0.2, 0.25) is 5.02 Å². The van der Waals surface area contributed by atoms with Gasteiger partial charge in [0.15, 0.2) is 6.61 Å². The summed E-state index contributed by atoms with van der Waals surface area (Å²) in [5.74, 6) is -0.933. The maximum absolute atomic E-state index is 13.5. The van der Waals surface area contributed by atoms with E-state index in [2.05, 4.69) is 10.6 Å². The molecular formula is C21H22ClFN2O4S. The van der Waals surface area contributed by atoms with Crippen LogP contribution < -0.4 is 15.4 Å². The number of fused-ring (bicyclic) bond motifs is 3. The molecule has 160 valence electrons. The fourth-order valence-corrected chi connectivity index (χ4v) is 5.14. The van der Waals surface area contributed by atoms with Gasteiger partial charge in [0.2, 0.25) is 0 Å². The number of aliphatic hydroxyl groups is 1. The van der Waals surface area contributed by atoms with Crippen molar-refractivity contribution in [2.24, 2.45) is 0 Å². The summed E-state index contributed by atoms with van der Waals surface area (Å²) in [6.45, 7) is -0.296. The molecule has 3 fully saturated rings. The van der Waals surface area contributed by atoms with Crippen molar-refractivity contribution in [3.8, 4) is 5.75 Å². The summed E-state index contributed by atoms with van der Waals surface area (Å²) in [5, 5.41) is 18.6. The number of thiophene rings is 1. The predicted molar refractivity (Wildman–Crippen MR) is 111 cm³/mol. The smallest absolute Gasteiger partial charge is 0.261 e. The lowest BCUT2D eigenvalue weighted by molar-refractivity contribution is -0.132. The van der Waals surface area contributed by atoms with E-state index in [1.807, 2.05) is 11.4 Å². The van der Waals surface area contributed by atoms with Gasteiger partial charge in [0, 0.05) is 11.6 Å². The van der Waals surface area contributed by atoms with Gasteiger partial charge < -0.3 is 20.5 Å². The number of rotatable bonds is 6. The molecule has 3 aliphatic carbocycles. The minimum Gasteiger partial charge on any atom is -0.484 e. The number of amides is 2. The summed E-state index contributed by atoms with van der Waals surface area (Å²) in [6, 6.07) is 7.57. The average molecular weight is 453 g/mol. The Bertz CT molecular complexity index is 944. The van der Waals surface area contributed by atoms with E-state index < -0.39 is 23.0 Å². The molecule has 0 unspecified atom stereocenters. The summed E-state index contributed by atoms with van der Waals surface area (Å²) in [7, 11) is 0. The zero-order valence-electron chi connectivity index (χ0n) is 16.1. The largest absolute Gasteiger partial charge is 0.484 e. The highest BCUT2D eigenvalue weighted by atomic mass is 35.5. The van der Waals surface area contributed by atoms with Crippen molar-refractivity contribution in [3.63, 3.8) is 0 Å². The highest BCUT2D eigenvalue weighted by Crippen LogP contribution is 2.47. The highest BCUT2D eigenvalue weighted by Gasteiger charge is 2.55. The highest BCUT2D eigenvalue weighted by molar-refractivity contribution is 7.12. The maximum Gasteiger partial charge on any atom is 0.261 e. The number of benzene rings is 1. The third-order valence-corrected chi connectivity index (χ3v) is 7.27. The van der Waals surface area contributed by atoms with Gasteiger partial charge in [0.05, 0.1) is 21.5 Å². The number of carbonyl (C=O) groups is 2. The Morgan fingerprint density at radius 2 is 2.00 bits per heavy atom.